The third kappa shape index (κ3) is 4.60. The monoisotopic (exact) mass is 453 g/mol. The quantitative estimate of drug-likeness (QED) is 0.617. The summed E-state index contributed by atoms with van der Waals surface area (Å²) in [5, 5.41) is 3.02. The number of carbonyl (C=O) groups is 3. The second-order valence-electron chi connectivity index (χ2n) is 8.79. The van der Waals surface area contributed by atoms with Crippen molar-refractivity contribution in [2.24, 2.45) is 5.92 Å². The van der Waals surface area contributed by atoms with E-state index in [1.807, 2.05) is 37.3 Å². The summed E-state index contributed by atoms with van der Waals surface area (Å²) in [5.41, 5.74) is -0.931. The van der Waals surface area contributed by atoms with Gasteiger partial charge in [-0.15, -0.1) is 0 Å². The van der Waals surface area contributed by atoms with Crippen LogP contribution in [-0.2, 0) is 16.1 Å². The molecule has 8 heteroatoms. The summed E-state index contributed by atoms with van der Waals surface area (Å²) in [6.07, 6.45) is 3.56. The number of furan rings is 1. The van der Waals surface area contributed by atoms with Gasteiger partial charge < -0.3 is 19.4 Å². The van der Waals surface area contributed by atoms with E-state index in [2.05, 4.69) is 5.32 Å². The van der Waals surface area contributed by atoms with Crippen LogP contribution in [-0.4, -0.2) is 52.4 Å². The van der Waals surface area contributed by atoms with E-state index >= 15 is 0 Å². The highest BCUT2D eigenvalue weighted by Gasteiger charge is 2.55. The Labute approximate surface area is 193 Å². The van der Waals surface area contributed by atoms with Gasteiger partial charge in [-0.3, -0.25) is 14.5 Å². The van der Waals surface area contributed by atoms with E-state index in [-0.39, 0.29) is 30.3 Å². The first-order valence-electron chi connectivity index (χ1n) is 11.6. The van der Waals surface area contributed by atoms with Crippen LogP contribution in [0.4, 0.5) is 4.79 Å². The lowest BCUT2D eigenvalue weighted by Crippen LogP contribution is -2.57. The molecule has 33 heavy (non-hydrogen) atoms. The number of piperidine rings is 1. The lowest BCUT2D eigenvalue weighted by atomic mass is 9.74. The number of nitrogens with one attached hydrogen (secondary N) is 1. The number of urea groups is 1. The molecule has 0 bridgehead atoms. The summed E-state index contributed by atoms with van der Waals surface area (Å²) in [4.78, 5) is 42.2. The molecule has 0 aliphatic carbocycles. The molecule has 0 spiro atoms. The fraction of sp³-hybridized carbons (Fsp3) is 0.480. The molecule has 0 saturated carbocycles. The van der Waals surface area contributed by atoms with Gasteiger partial charge in [0.15, 0.2) is 6.10 Å². The molecule has 1 aromatic carbocycles. The highest BCUT2D eigenvalue weighted by molar-refractivity contribution is 6.07. The first-order chi connectivity index (χ1) is 15.9. The Morgan fingerprint density at radius 1 is 1.18 bits per heavy atom. The Hall–Kier alpha value is -3.29. The molecule has 0 unspecified atom stereocenters. The second kappa shape index (κ2) is 9.68. The molecule has 2 aromatic rings. The lowest BCUT2D eigenvalue weighted by Gasteiger charge is -2.41. The fourth-order valence-corrected chi connectivity index (χ4v) is 4.99. The van der Waals surface area contributed by atoms with Gasteiger partial charge in [0.05, 0.1) is 12.8 Å². The van der Waals surface area contributed by atoms with Gasteiger partial charge in [0, 0.05) is 13.1 Å². The summed E-state index contributed by atoms with van der Waals surface area (Å²) in [7, 11) is 0. The zero-order valence-electron chi connectivity index (χ0n) is 19.2. The number of imide groups is 1. The van der Waals surface area contributed by atoms with Crippen LogP contribution in [0.25, 0.3) is 0 Å². The molecule has 8 nitrogen and oxygen atoms in total. The topological polar surface area (TPSA) is 92.1 Å². The van der Waals surface area contributed by atoms with E-state index in [0.717, 1.165) is 6.42 Å². The minimum Gasteiger partial charge on any atom is -0.481 e. The number of carbonyl (C=O) groups excluding carboxylic acids is 3. The van der Waals surface area contributed by atoms with Crippen LogP contribution in [0.1, 0.15) is 45.3 Å². The Kier molecular flexibility index (Phi) is 6.72. The van der Waals surface area contributed by atoms with Crippen molar-refractivity contribution in [1.82, 2.24) is 15.1 Å². The van der Waals surface area contributed by atoms with Gasteiger partial charge in [-0.2, -0.15) is 0 Å². The van der Waals surface area contributed by atoms with Gasteiger partial charge >= 0.3 is 6.03 Å². The molecule has 2 aliphatic heterocycles. The first-order valence-corrected chi connectivity index (χ1v) is 11.6. The van der Waals surface area contributed by atoms with E-state index in [9.17, 15) is 14.4 Å². The molecular formula is C25H31N3O5. The van der Waals surface area contributed by atoms with Crippen molar-refractivity contribution in [2.45, 2.75) is 57.7 Å². The van der Waals surface area contributed by atoms with E-state index in [4.69, 9.17) is 9.15 Å². The minimum absolute atomic E-state index is 0.0371. The third-order valence-electron chi connectivity index (χ3n) is 6.65. The predicted octanol–water partition coefficient (Wildman–Crippen LogP) is 3.58. The number of hydrogen-bond donors (Lipinski definition) is 1. The number of ether oxygens (including phenoxy) is 1. The molecule has 2 fully saturated rings. The molecule has 3 heterocycles. The van der Waals surface area contributed by atoms with Crippen LogP contribution in [0.2, 0.25) is 0 Å². The number of hydrogen-bond acceptors (Lipinski definition) is 5. The number of amides is 4. The average Bonchev–Trinajstić information content (AvgIpc) is 3.42. The standard InChI is InChI=1S/C25H31N3O5/c1-3-13-25(23(30)28(24(31)26-25)17-21-10-7-16-32-21)19-11-14-27(15-12-19)22(29)18(2)33-20-8-5-4-6-9-20/h4-10,16,18-19H,3,11-15,17H2,1-2H3,(H,26,31)/t18-,25+/m0/s1. The SMILES string of the molecule is CCC[C@]1(C2CCN(C(=O)[C@H](C)Oc3ccccc3)CC2)NC(=O)N(Cc2ccco2)C1=O. The van der Waals surface area contributed by atoms with Crippen molar-refractivity contribution in [2.75, 3.05) is 13.1 Å². The van der Waals surface area contributed by atoms with E-state index in [1.165, 1.54) is 11.2 Å². The maximum Gasteiger partial charge on any atom is 0.325 e. The Morgan fingerprint density at radius 2 is 1.91 bits per heavy atom. The summed E-state index contributed by atoms with van der Waals surface area (Å²) in [5.74, 6) is 0.925. The van der Waals surface area contributed by atoms with Gasteiger partial charge in [0.25, 0.3) is 11.8 Å². The normalized spacial score (nSPS) is 22.4. The van der Waals surface area contributed by atoms with Crippen molar-refractivity contribution in [3.8, 4) is 5.75 Å². The van der Waals surface area contributed by atoms with Gasteiger partial charge in [-0.05, 0) is 56.4 Å². The zero-order valence-corrected chi connectivity index (χ0v) is 19.2. The zero-order chi connectivity index (χ0) is 23.4. The first kappa shape index (κ1) is 22.9. The van der Waals surface area contributed by atoms with Crippen LogP contribution >= 0.6 is 0 Å². The highest BCUT2D eigenvalue weighted by atomic mass is 16.5. The van der Waals surface area contributed by atoms with Gasteiger partial charge in [-0.1, -0.05) is 31.5 Å². The molecule has 176 valence electrons. The Morgan fingerprint density at radius 3 is 2.55 bits per heavy atom. The number of para-hydroxylation sites is 1. The minimum atomic E-state index is -0.931. The summed E-state index contributed by atoms with van der Waals surface area (Å²) < 4.78 is 11.1. The van der Waals surface area contributed by atoms with E-state index < -0.39 is 11.6 Å². The summed E-state index contributed by atoms with van der Waals surface area (Å²) in [6.45, 7) is 4.94. The van der Waals surface area contributed by atoms with Crippen molar-refractivity contribution in [3.63, 3.8) is 0 Å². The molecule has 1 N–H and O–H groups in total. The van der Waals surface area contributed by atoms with Crippen LogP contribution in [0.15, 0.2) is 53.1 Å². The maximum absolute atomic E-state index is 13.5. The highest BCUT2D eigenvalue weighted by Crippen LogP contribution is 2.37. The van der Waals surface area contributed by atoms with Gasteiger partial charge in [-0.25, -0.2) is 4.79 Å². The maximum atomic E-state index is 13.5. The van der Waals surface area contributed by atoms with Crippen molar-refractivity contribution in [3.05, 3.63) is 54.5 Å². The molecule has 4 amide bonds. The van der Waals surface area contributed by atoms with Crippen LogP contribution < -0.4 is 10.1 Å². The average molecular weight is 454 g/mol. The number of rotatable bonds is 8. The predicted molar refractivity (Wildman–Crippen MR) is 121 cm³/mol. The number of benzene rings is 1. The largest absolute Gasteiger partial charge is 0.481 e. The van der Waals surface area contributed by atoms with Crippen molar-refractivity contribution in [1.29, 1.82) is 0 Å². The van der Waals surface area contributed by atoms with E-state index in [1.54, 1.807) is 24.0 Å². The molecule has 4 rings (SSSR count). The lowest BCUT2D eigenvalue weighted by molar-refractivity contribution is -0.141. The Balaban J connectivity index is 1.41. The Bertz CT molecular complexity index is 969. The summed E-state index contributed by atoms with van der Waals surface area (Å²) >= 11 is 0. The van der Waals surface area contributed by atoms with Crippen molar-refractivity contribution >= 4 is 17.8 Å². The molecule has 0 radical (unpaired) electrons. The van der Waals surface area contributed by atoms with E-state index in [0.29, 0.717) is 43.9 Å². The van der Waals surface area contributed by atoms with Gasteiger partial charge in [0.2, 0.25) is 0 Å². The molecule has 2 atom stereocenters. The van der Waals surface area contributed by atoms with Crippen LogP contribution in [0.5, 0.6) is 5.75 Å². The molecule has 2 saturated heterocycles. The number of likely N-dealkylation sites (tertiary alicyclic amines) is 1. The molecule has 1 aromatic heterocycles. The van der Waals surface area contributed by atoms with Crippen LogP contribution in [0.3, 0.4) is 0 Å². The fourth-order valence-electron chi connectivity index (χ4n) is 4.99. The van der Waals surface area contributed by atoms with Gasteiger partial charge in [0.1, 0.15) is 17.0 Å². The number of nitrogens with zero attached hydrogens (tertiary/aromatic N) is 2. The summed E-state index contributed by atoms with van der Waals surface area (Å²) in [6, 6.07) is 12.4. The van der Waals surface area contributed by atoms with Crippen molar-refractivity contribution < 1.29 is 23.5 Å². The molecular weight excluding hydrogens is 422 g/mol. The third-order valence-corrected chi connectivity index (χ3v) is 6.65. The smallest absolute Gasteiger partial charge is 0.325 e. The molecule has 2 aliphatic rings. The van der Waals surface area contributed by atoms with Crippen LogP contribution in [0, 0.1) is 5.92 Å². The second-order valence-corrected chi connectivity index (χ2v) is 8.79.